The first-order valence-electron chi connectivity index (χ1n) is 10.9. The van der Waals surface area contributed by atoms with Crippen LogP contribution in [0.5, 0.6) is 0 Å². The van der Waals surface area contributed by atoms with Crippen molar-refractivity contribution in [2.75, 3.05) is 0 Å². The Kier molecular flexibility index (Phi) is 4.32. The summed E-state index contributed by atoms with van der Waals surface area (Å²) in [6.45, 7) is 11.6. The van der Waals surface area contributed by atoms with E-state index in [9.17, 15) is 4.79 Å². The minimum Gasteiger partial charge on any atom is -0.408 e. The smallest absolute Gasteiger partial charge is 0.184 e. The zero-order valence-corrected chi connectivity index (χ0v) is 18.1. The predicted molar refractivity (Wildman–Crippen MR) is 105 cm³/mol. The van der Waals surface area contributed by atoms with Gasteiger partial charge in [0.15, 0.2) is 14.1 Å². The fourth-order valence-corrected chi connectivity index (χ4v) is 8.65. The summed E-state index contributed by atoms with van der Waals surface area (Å²) in [7, 11) is -1.67. The molecule has 0 amide bonds. The minimum absolute atomic E-state index is 0.0939. The van der Waals surface area contributed by atoms with Crippen molar-refractivity contribution in [2.24, 2.45) is 34.5 Å². The summed E-state index contributed by atoms with van der Waals surface area (Å²) in [5.74, 6) is 3.63. The molecular weight excluding hydrogens is 324 g/mol. The second kappa shape index (κ2) is 5.92. The standard InChI is InChI=1S/C22H38O2Si/c1-21-12-7-6-8-15(21)9-10-16-17(21)11-13-22(2)18(16)14-19(20(22)23)24-25(3,4)5/h15-19H,6-14H2,1-5H3/t15?,16-,17+,18+,19-,21+,22+/m1/s1. The molecule has 7 atom stereocenters. The van der Waals surface area contributed by atoms with E-state index in [1.54, 1.807) is 0 Å². The lowest BCUT2D eigenvalue weighted by Crippen LogP contribution is -2.52. The van der Waals surface area contributed by atoms with E-state index in [0.29, 0.717) is 17.1 Å². The van der Waals surface area contributed by atoms with Crippen LogP contribution >= 0.6 is 0 Å². The van der Waals surface area contributed by atoms with Crippen LogP contribution in [0.4, 0.5) is 0 Å². The fourth-order valence-electron chi connectivity index (χ4n) is 7.59. The monoisotopic (exact) mass is 362 g/mol. The number of fused-ring (bicyclic) bond motifs is 5. The first-order chi connectivity index (χ1) is 11.7. The van der Waals surface area contributed by atoms with Gasteiger partial charge in [0.2, 0.25) is 0 Å². The second-order valence-electron chi connectivity index (χ2n) is 11.2. The summed E-state index contributed by atoms with van der Waals surface area (Å²) >= 11 is 0. The van der Waals surface area contributed by atoms with Crippen LogP contribution in [0.2, 0.25) is 19.6 Å². The number of carbonyl (C=O) groups excluding carboxylic acids is 1. The summed E-state index contributed by atoms with van der Waals surface area (Å²) in [4.78, 5) is 13.3. The Hall–Kier alpha value is -0.153. The predicted octanol–water partition coefficient (Wildman–Crippen LogP) is 5.82. The lowest BCUT2D eigenvalue weighted by Gasteiger charge is -2.59. The van der Waals surface area contributed by atoms with Gasteiger partial charge in [-0.05, 0) is 93.7 Å². The van der Waals surface area contributed by atoms with E-state index < -0.39 is 8.32 Å². The highest BCUT2D eigenvalue weighted by atomic mass is 28.4. The molecule has 3 heteroatoms. The Labute approximate surface area is 155 Å². The number of rotatable bonds is 2. The second-order valence-corrected chi connectivity index (χ2v) is 15.6. The molecule has 0 saturated heterocycles. The van der Waals surface area contributed by atoms with Gasteiger partial charge in [-0.1, -0.05) is 26.7 Å². The summed E-state index contributed by atoms with van der Waals surface area (Å²) in [6, 6.07) is 0. The fraction of sp³-hybridized carbons (Fsp3) is 0.955. The van der Waals surface area contributed by atoms with Crippen molar-refractivity contribution in [3.63, 3.8) is 0 Å². The zero-order valence-electron chi connectivity index (χ0n) is 17.1. The van der Waals surface area contributed by atoms with Crippen molar-refractivity contribution in [1.82, 2.24) is 0 Å². The van der Waals surface area contributed by atoms with E-state index in [1.807, 2.05) is 0 Å². The van der Waals surface area contributed by atoms with Crippen LogP contribution in [-0.2, 0) is 9.22 Å². The lowest BCUT2D eigenvalue weighted by atomic mass is 9.45. The quantitative estimate of drug-likeness (QED) is 0.579. The molecule has 4 rings (SSSR count). The van der Waals surface area contributed by atoms with Gasteiger partial charge in [0.05, 0.1) is 0 Å². The third-order valence-corrected chi connectivity index (χ3v) is 9.78. The van der Waals surface area contributed by atoms with E-state index in [2.05, 4.69) is 33.5 Å². The summed E-state index contributed by atoms with van der Waals surface area (Å²) in [5.41, 5.74) is 0.465. The molecule has 0 aliphatic heterocycles. The van der Waals surface area contributed by atoms with Crippen molar-refractivity contribution in [2.45, 2.75) is 97.4 Å². The maximum Gasteiger partial charge on any atom is 0.184 e. The van der Waals surface area contributed by atoms with Crippen LogP contribution in [-0.4, -0.2) is 20.2 Å². The van der Waals surface area contributed by atoms with Crippen LogP contribution in [0.25, 0.3) is 0 Å². The van der Waals surface area contributed by atoms with Gasteiger partial charge in [-0.2, -0.15) is 0 Å². The van der Waals surface area contributed by atoms with Crippen LogP contribution in [0.3, 0.4) is 0 Å². The number of ketones is 1. The van der Waals surface area contributed by atoms with Gasteiger partial charge in [-0.3, -0.25) is 4.79 Å². The van der Waals surface area contributed by atoms with Gasteiger partial charge in [0, 0.05) is 5.41 Å². The maximum absolute atomic E-state index is 13.3. The van der Waals surface area contributed by atoms with Crippen molar-refractivity contribution in [3.05, 3.63) is 0 Å². The number of Topliss-reactive ketones (excluding diaryl/α,β-unsaturated/α-hetero) is 1. The van der Waals surface area contributed by atoms with Crippen LogP contribution in [0, 0.1) is 34.5 Å². The van der Waals surface area contributed by atoms with Crippen molar-refractivity contribution >= 4 is 14.1 Å². The average Bonchev–Trinajstić information content (AvgIpc) is 2.77. The molecule has 0 aromatic rings. The number of carbonyl (C=O) groups is 1. The minimum atomic E-state index is -1.67. The van der Waals surface area contributed by atoms with Crippen molar-refractivity contribution < 1.29 is 9.22 Å². The molecule has 0 aromatic carbocycles. The topological polar surface area (TPSA) is 26.3 Å². The highest BCUT2D eigenvalue weighted by Crippen LogP contribution is 2.65. The van der Waals surface area contributed by atoms with Crippen molar-refractivity contribution in [1.29, 1.82) is 0 Å². The van der Waals surface area contributed by atoms with Gasteiger partial charge < -0.3 is 4.43 Å². The maximum atomic E-state index is 13.3. The number of hydrogen-bond donors (Lipinski definition) is 0. The molecule has 142 valence electrons. The molecule has 0 aromatic heterocycles. The molecule has 0 N–H and O–H groups in total. The van der Waals surface area contributed by atoms with E-state index in [-0.39, 0.29) is 11.5 Å². The molecule has 4 saturated carbocycles. The molecule has 0 heterocycles. The van der Waals surface area contributed by atoms with Gasteiger partial charge in [0.1, 0.15) is 6.10 Å². The molecule has 4 aliphatic carbocycles. The Morgan fingerprint density at radius 3 is 2.44 bits per heavy atom. The number of hydrogen-bond acceptors (Lipinski definition) is 2. The van der Waals surface area contributed by atoms with E-state index >= 15 is 0 Å². The molecule has 4 fully saturated rings. The summed E-state index contributed by atoms with van der Waals surface area (Å²) < 4.78 is 6.37. The Balaban J connectivity index is 1.60. The molecule has 1 unspecified atom stereocenters. The SMILES string of the molecule is C[C@]12CCCCC1CC[C@@H]1[C@@H]2CC[C@]2(C)C(=O)[C@H](O[Si](C)(C)C)C[C@@H]12. The largest absolute Gasteiger partial charge is 0.408 e. The van der Waals surface area contributed by atoms with E-state index in [0.717, 1.165) is 30.6 Å². The van der Waals surface area contributed by atoms with Crippen LogP contribution < -0.4 is 0 Å². The first kappa shape index (κ1) is 18.2. The molecule has 0 radical (unpaired) electrons. The lowest BCUT2D eigenvalue weighted by molar-refractivity contribution is -0.141. The molecular formula is C22H38O2Si. The van der Waals surface area contributed by atoms with Gasteiger partial charge in [-0.15, -0.1) is 0 Å². The zero-order chi connectivity index (χ0) is 18.0. The summed E-state index contributed by atoms with van der Waals surface area (Å²) in [6.07, 6.45) is 11.9. The van der Waals surface area contributed by atoms with E-state index in [1.165, 1.54) is 44.9 Å². The Bertz CT molecular complexity index is 553. The van der Waals surface area contributed by atoms with Crippen molar-refractivity contribution in [3.8, 4) is 0 Å². The van der Waals surface area contributed by atoms with Gasteiger partial charge in [-0.25, -0.2) is 0 Å². The normalized spacial score (nSPS) is 50.1. The Morgan fingerprint density at radius 1 is 0.960 bits per heavy atom. The molecule has 2 nitrogen and oxygen atoms in total. The third kappa shape index (κ3) is 2.79. The first-order valence-corrected chi connectivity index (χ1v) is 14.3. The third-order valence-electron chi connectivity index (χ3n) is 8.79. The molecule has 25 heavy (non-hydrogen) atoms. The van der Waals surface area contributed by atoms with Crippen LogP contribution in [0.15, 0.2) is 0 Å². The average molecular weight is 363 g/mol. The van der Waals surface area contributed by atoms with Crippen LogP contribution in [0.1, 0.15) is 71.6 Å². The van der Waals surface area contributed by atoms with Gasteiger partial charge in [0.25, 0.3) is 0 Å². The Morgan fingerprint density at radius 2 is 1.72 bits per heavy atom. The molecule has 4 aliphatic rings. The highest BCUT2D eigenvalue weighted by molar-refractivity contribution is 6.69. The summed E-state index contributed by atoms with van der Waals surface area (Å²) in [5, 5.41) is 0. The molecule has 0 bridgehead atoms. The van der Waals surface area contributed by atoms with E-state index in [4.69, 9.17) is 4.43 Å². The van der Waals surface area contributed by atoms with Gasteiger partial charge >= 0.3 is 0 Å². The molecule has 0 spiro atoms. The highest BCUT2D eigenvalue weighted by Gasteiger charge is 2.62.